The van der Waals surface area contributed by atoms with Crippen LogP contribution in [-0.4, -0.2) is 43.3 Å². The molecule has 1 heterocycles. The number of anilines is 1. The fourth-order valence-electron chi connectivity index (χ4n) is 1.84. The summed E-state index contributed by atoms with van der Waals surface area (Å²) in [7, 11) is 1.64. The summed E-state index contributed by atoms with van der Waals surface area (Å²) in [5.74, 6) is 0.779. The van der Waals surface area contributed by atoms with Crippen LogP contribution in [0.15, 0.2) is 17.1 Å². The van der Waals surface area contributed by atoms with Crippen molar-refractivity contribution in [3.8, 4) is 0 Å². The topological polar surface area (TPSA) is 65.4 Å². The van der Waals surface area contributed by atoms with E-state index in [9.17, 15) is 4.79 Å². The van der Waals surface area contributed by atoms with Crippen molar-refractivity contribution in [2.75, 3.05) is 38.8 Å². The predicted octanol–water partition coefficient (Wildman–Crippen LogP) is 1.12. The second-order valence-corrected chi connectivity index (χ2v) is 5.09. The monoisotopic (exact) mass is 281 g/mol. The van der Waals surface area contributed by atoms with Gasteiger partial charge in [0.15, 0.2) is 0 Å². The molecular formula is C14H23N3O3. The maximum absolute atomic E-state index is 11.9. The zero-order valence-electron chi connectivity index (χ0n) is 12.0. The smallest absolute Gasteiger partial charge is 0.268 e. The predicted molar refractivity (Wildman–Crippen MR) is 77.0 cm³/mol. The molecule has 0 bridgehead atoms. The Morgan fingerprint density at radius 3 is 2.95 bits per heavy atom. The number of hydrogen-bond donors (Lipinski definition) is 1. The fraction of sp³-hybridized carbons (Fsp3) is 0.714. The third-order valence-corrected chi connectivity index (χ3v) is 3.25. The average molecular weight is 281 g/mol. The molecule has 1 aliphatic rings. The van der Waals surface area contributed by atoms with E-state index in [0.29, 0.717) is 26.4 Å². The normalized spacial score (nSPS) is 14.4. The van der Waals surface area contributed by atoms with E-state index in [1.165, 1.54) is 17.5 Å². The van der Waals surface area contributed by atoms with Crippen LogP contribution in [0, 0.1) is 5.92 Å². The minimum Gasteiger partial charge on any atom is -0.383 e. The van der Waals surface area contributed by atoms with Gasteiger partial charge >= 0.3 is 0 Å². The molecule has 1 fully saturated rings. The van der Waals surface area contributed by atoms with Crippen molar-refractivity contribution in [3.05, 3.63) is 22.6 Å². The van der Waals surface area contributed by atoms with E-state index < -0.39 is 0 Å². The van der Waals surface area contributed by atoms with E-state index in [4.69, 9.17) is 9.47 Å². The molecule has 0 saturated heterocycles. The third kappa shape index (κ3) is 5.30. The van der Waals surface area contributed by atoms with Gasteiger partial charge in [-0.2, -0.15) is 5.10 Å². The lowest BCUT2D eigenvalue weighted by Gasteiger charge is -2.08. The molecule has 0 spiro atoms. The van der Waals surface area contributed by atoms with Gasteiger partial charge in [-0.3, -0.25) is 4.79 Å². The van der Waals surface area contributed by atoms with Crippen LogP contribution in [0.5, 0.6) is 0 Å². The second kappa shape index (κ2) is 8.01. The summed E-state index contributed by atoms with van der Waals surface area (Å²) in [6.07, 6.45) is 5.07. The molecule has 1 saturated carbocycles. The van der Waals surface area contributed by atoms with E-state index in [2.05, 4.69) is 10.4 Å². The molecule has 0 aliphatic heterocycles. The van der Waals surface area contributed by atoms with Gasteiger partial charge in [-0.25, -0.2) is 4.68 Å². The Morgan fingerprint density at radius 2 is 2.25 bits per heavy atom. The van der Waals surface area contributed by atoms with E-state index in [1.54, 1.807) is 19.4 Å². The largest absolute Gasteiger partial charge is 0.383 e. The van der Waals surface area contributed by atoms with Gasteiger partial charge in [0.25, 0.3) is 5.56 Å². The fourth-order valence-corrected chi connectivity index (χ4v) is 1.84. The van der Waals surface area contributed by atoms with Gasteiger partial charge in [-0.05, 0) is 25.2 Å². The van der Waals surface area contributed by atoms with Crippen LogP contribution in [-0.2, 0) is 16.0 Å². The number of hydrogen-bond acceptors (Lipinski definition) is 5. The van der Waals surface area contributed by atoms with Crippen molar-refractivity contribution in [1.29, 1.82) is 0 Å². The number of ether oxygens (including phenoxy) is 2. The van der Waals surface area contributed by atoms with Gasteiger partial charge in [-0.15, -0.1) is 0 Å². The van der Waals surface area contributed by atoms with E-state index in [0.717, 1.165) is 24.6 Å². The van der Waals surface area contributed by atoms with Crippen LogP contribution < -0.4 is 10.9 Å². The molecule has 1 aliphatic carbocycles. The van der Waals surface area contributed by atoms with Gasteiger partial charge in [0.1, 0.15) is 0 Å². The number of aryl methyl sites for hydroxylation is 1. The molecule has 1 aromatic rings. The minimum atomic E-state index is -0.0670. The van der Waals surface area contributed by atoms with Crippen LogP contribution in [0.2, 0.25) is 0 Å². The van der Waals surface area contributed by atoms with E-state index >= 15 is 0 Å². The average Bonchev–Trinajstić information content (AvgIpc) is 3.26. The summed E-state index contributed by atoms with van der Waals surface area (Å²) < 4.78 is 11.7. The zero-order valence-corrected chi connectivity index (χ0v) is 12.0. The van der Waals surface area contributed by atoms with Crippen LogP contribution >= 0.6 is 0 Å². The van der Waals surface area contributed by atoms with Crippen LogP contribution in [0.3, 0.4) is 0 Å². The molecule has 0 amide bonds. The maximum atomic E-state index is 11.9. The lowest BCUT2D eigenvalue weighted by Crippen LogP contribution is -2.23. The quantitative estimate of drug-likeness (QED) is 0.651. The van der Waals surface area contributed by atoms with Crippen molar-refractivity contribution in [2.45, 2.75) is 25.8 Å². The summed E-state index contributed by atoms with van der Waals surface area (Å²) in [4.78, 5) is 11.9. The first kappa shape index (κ1) is 15.0. The van der Waals surface area contributed by atoms with Gasteiger partial charge in [0, 0.05) is 32.9 Å². The molecule has 112 valence electrons. The lowest BCUT2D eigenvalue weighted by atomic mass is 10.4. The molecule has 0 radical (unpaired) electrons. The zero-order chi connectivity index (χ0) is 14.2. The highest BCUT2D eigenvalue weighted by Crippen LogP contribution is 2.28. The van der Waals surface area contributed by atoms with Crippen molar-refractivity contribution in [2.24, 2.45) is 5.92 Å². The Hall–Kier alpha value is -1.40. The number of rotatable bonds is 10. The first-order valence-electron chi connectivity index (χ1n) is 7.17. The Bertz CT molecular complexity index is 457. The first-order valence-corrected chi connectivity index (χ1v) is 7.17. The van der Waals surface area contributed by atoms with Crippen LogP contribution in [0.4, 0.5) is 5.69 Å². The highest BCUT2D eigenvalue weighted by molar-refractivity contribution is 5.38. The Morgan fingerprint density at radius 1 is 1.40 bits per heavy atom. The minimum absolute atomic E-state index is 0.0670. The summed E-state index contributed by atoms with van der Waals surface area (Å²) in [6.45, 7) is 3.31. The van der Waals surface area contributed by atoms with Gasteiger partial charge in [-0.1, -0.05) is 0 Å². The molecular weight excluding hydrogens is 258 g/mol. The highest BCUT2D eigenvalue weighted by atomic mass is 16.5. The van der Waals surface area contributed by atoms with E-state index in [1.807, 2.05) is 0 Å². The van der Waals surface area contributed by atoms with Crippen molar-refractivity contribution >= 4 is 5.69 Å². The standard InChI is InChI=1S/C14H23N3O3/c1-19-7-8-20-6-2-5-17-14(18)9-13(11-16-17)15-10-12-3-4-12/h9,11-12,15H,2-8,10H2,1H3. The van der Waals surface area contributed by atoms with Crippen molar-refractivity contribution in [3.63, 3.8) is 0 Å². The molecule has 6 nitrogen and oxygen atoms in total. The van der Waals surface area contributed by atoms with Crippen LogP contribution in [0.25, 0.3) is 0 Å². The summed E-state index contributed by atoms with van der Waals surface area (Å²) in [5, 5.41) is 7.42. The SMILES string of the molecule is COCCOCCCn1ncc(NCC2CC2)cc1=O. The van der Waals surface area contributed by atoms with Crippen molar-refractivity contribution < 1.29 is 9.47 Å². The Labute approximate surface area is 119 Å². The molecule has 0 unspecified atom stereocenters. The molecule has 1 N–H and O–H groups in total. The van der Waals surface area contributed by atoms with Gasteiger partial charge in [0.05, 0.1) is 25.1 Å². The number of aromatic nitrogens is 2. The molecule has 20 heavy (non-hydrogen) atoms. The summed E-state index contributed by atoms with van der Waals surface area (Å²) >= 11 is 0. The summed E-state index contributed by atoms with van der Waals surface area (Å²) in [5.41, 5.74) is 0.747. The molecule has 0 aromatic carbocycles. The van der Waals surface area contributed by atoms with E-state index in [-0.39, 0.29) is 5.56 Å². The highest BCUT2D eigenvalue weighted by Gasteiger charge is 2.20. The van der Waals surface area contributed by atoms with Gasteiger partial charge in [0.2, 0.25) is 0 Å². The number of methoxy groups -OCH3 is 1. The number of nitrogens with zero attached hydrogens (tertiary/aromatic N) is 2. The number of nitrogens with one attached hydrogen (secondary N) is 1. The first-order chi connectivity index (χ1) is 9.79. The molecule has 1 aromatic heterocycles. The third-order valence-electron chi connectivity index (χ3n) is 3.25. The lowest BCUT2D eigenvalue weighted by molar-refractivity contribution is 0.0675. The van der Waals surface area contributed by atoms with Gasteiger partial charge < -0.3 is 14.8 Å². The van der Waals surface area contributed by atoms with Crippen LogP contribution in [0.1, 0.15) is 19.3 Å². The Kier molecular flexibility index (Phi) is 6.01. The Balaban J connectivity index is 1.69. The molecule has 2 rings (SSSR count). The molecule has 0 atom stereocenters. The second-order valence-electron chi connectivity index (χ2n) is 5.09. The summed E-state index contributed by atoms with van der Waals surface area (Å²) in [6, 6.07) is 1.61. The van der Waals surface area contributed by atoms with Crippen molar-refractivity contribution in [1.82, 2.24) is 9.78 Å². The molecule has 6 heteroatoms. The maximum Gasteiger partial charge on any atom is 0.268 e.